The van der Waals surface area contributed by atoms with Crippen molar-refractivity contribution in [3.05, 3.63) is 16.2 Å². The van der Waals surface area contributed by atoms with Crippen LogP contribution in [0.2, 0.25) is 0 Å². The molecular weight excluding hydrogens is 190 g/mol. The maximum absolute atomic E-state index is 5.39. The van der Waals surface area contributed by atoms with Crippen molar-refractivity contribution >= 4 is 24.1 Å². The van der Waals surface area contributed by atoms with Crippen molar-refractivity contribution in [2.75, 3.05) is 5.73 Å². The van der Waals surface area contributed by atoms with Gasteiger partial charge in [-0.2, -0.15) is 0 Å². The van der Waals surface area contributed by atoms with E-state index in [4.69, 9.17) is 5.73 Å². The molecule has 0 spiro atoms. The van der Waals surface area contributed by atoms with Crippen molar-refractivity contribution in [3.63, 3.8) is 0 Å². The Labute approximate surface area is 46.4 Å². The summed E-state index contributed by atoms with van der Waals surface area (Å²) in [4.78, 5) is 0. The van der Waals surface area contributed by atoms with Crippen molar-refractivity contribution in [1.29, 1.82) is 0 Å². The van der Waals surface area contributed by atoms with Gasteiger partial charge in [0.05, 0.1) is 0 Å². The summed E-state index contributed by atoms with van der Waals surface area (Å²) in [7, 11) is 0. The number of hydrogen-bond donors (Lipinski definition) is 1. The first-order chi connectivity index (χ1) is 2.89. The van der Waals surface area contributed by atoms with E-state index in [2.05, 4.69) is 4.08 Å². The van der Waals surface area contributed by atoms with Crippen molar-refractivity contribution in [3.8, 4) is 0 Å². The van der Waals surface area contributed by atoms with E-state index in [1.165, 1.54) is 0 Å². The number of anilines is 1. The van der Waals surface area contributed by atoms with Crippen molar-refractivity contribution in [2.24, 2.45) is 0 Å². The van der Waals surface area contributed by atoms with Gasteiger partial charge in [-0.1, -0.05) is 0 Å². The van der Waals surface area contributed by atoms with Crippen molar-refractivity contribution < 1.29 is 0 Å². The third-order valence-corrected chi connectivity index (χ3v) is 2.55. The zero-order chi connectivity index (χ0) is 4.41. The van der Waals surface area contributed by atoms with Gasteiger partial charge in [-0.05, 0) is 0 Å². The standard InChI is InChI=1S/C4H5NTe/c5-4-2-1-3-6-4/h1-3H,5H2. The first-order valence-corrected chi connectivity index (χ1v) is 4.19. The fourth-order valence-corrected chi connectivity index (χ4v) is 1.64. The van der Waals surface area contributed by atoms with Gasteiger partial charge in [-0.25, -0.2) is 0 Å². The minimum absolute atomic E-state index is 0.00889. The Morgan fingerprint density at radius 1 is 1.67 bits per heavy atom. The third kappa shape index (κ3) is 0.767. The van der Waals surface area contributed by atoms with Crippen LogP contribution in [0.5, 0.6) is 0 Å². The fraction of sp³-hybridized carbons (Fsp3) is 0. The summed E-state index contributed by atoms with van der Waals surface area (Å²) >= 11 is -0.00889. The van der Waals surface area contributed by atoms with Gasteiger partial charge in [0, 0.05) is 0 Å². The number of rotatable bonds is 0. The molecule has 0 aliphatic carbocycles. The molecule has 32 valence electrons. The molecule has 0 fully saturated rings. The molecule has 2 heteroatoms. The first kappa shape index (κ1) is 4.23. The molecule has 0 aromatic carbocycles. The van der Waals surface area contributed by atoms with Crippen LogP contribution in [0.3, 0.4) is 0 Å². The molecule has 6 heavy (non-hydrogen) atoms. The second-order valence-corrected chi connectivity index (χ2v) is 3.81. The van der Waals surface area contributed by atoms with Gasteiger partial charge < -0.3 is 0 Å². The summed E-state index contributed by atoms with van der Waals surface area (Å²) in [6.07, 6.45) is 0. The molecule has 0 aliphatic heterocycles. The summed E-state index contributed by atoms with van der Waals surface area (Å²) in [6.45, 7) is 0. The molecule has 2 N–H and O–H groups in total. The van der Waals surface area contributed by atoms with Crippen LogP contribution in [-0.4, -0.2) is 20.4 Å². The van der Waals surface area contributed by atoms with Crippen LogP contribution >= 0.6 is 0 Å². The molecule has 0 saturated carbocycles. The quantitative estimate of drug-likeness (QED) is 0.592. The molecule has 1 aromatic heterocycles. The molecule has 1 aromatic rings. The molecule has 0 amide bonds. The van der Waals surface area contributed by atoms with Crippen LogP contribution in [0.1, 0.15) is 0 Å². The van der Waals surface area contributed by atoms with Crippen LogP contribution in [-0.2, 0) is 0 Å². The zero-order valence-corrected chi connectivity index (χ0v) is 5.55. The molecule has 0 atom stereocenters. The Hall–Kier alpha value is 0.0696. The van der Waals surface area contributed by atoms with E-state index in [-0.39, 0.29) is 20.4 Å². The Balaban J connectivity index is 3.05. The Morgan fingerprint density at radius 3 is 2.67 bits per heavy atom. The van der Waals surface area contributed by atoms with Crippen LogP contribution in [0.15, 0.2) is 16.2 Å². The molecule has 1 nitrogen and oxygen atoms in total. The minimum atomic E-state index is -0.00889. The van der Waals surface area contributed by atoms with Crippen LogP contribution < -0.4 is 5.73 Å². The normalized spacial score (nSPS) is 8.67. The van der Waals surface area contributed by atoms with E-state index in [0.717, 1.165) is 3.70 Å². The Morgan fingerprint density at radius 2 is 2.50 bits per heavy atom. The van der Waals surface area contributed by atoms with Crippen molar-refractivity contribution in [2.45, 2.75) is 0 Å². The molecular formula is C4H5NTe. The maximum atomic E-state index is 5.39. The SMILES string of the molecule is Nc1ccc[te]1. The molecule has 1 heterocycles. The van der Waals surface area contributed by atoms with Crippen molar-refractivity contribution in [1.82, 2.24) is 0 Å². The molecule has 0 bridgehead atoms. The molecule has 0 unspecified atom stereocenters. The van der Waals surface area contributed by atoms with Crippen LogP contribution in [0.4, 0.5) is 3.70 Å². The molecule has 0 radical (unpaired) electrons. The Bertz CT molecular complexity index is 111. The molecule has 1 rings (SSSR count). The van der Waals surface area contributed by atoms with E-state index >= 15 is 0 Å². The van der Waals surface area contributed by atoms with Gasteiger partial charge in [0.15, 0.2) is 0 Å². The predicted octanol–water partition coefficient (Wildman–Crippen LogP) is 0.326. The molecule has 0 aliphatic rings. The average molecular weight is 195 g/mol. The summed E-state index contributed by atoms with van der Waals surface area (Å²) in [5.41, 5.74) is 5.39. The van der Waals surface area contributed by atoms with Crippen LogP contribution in [0, 0.1) is 0 Å². The Kier molecular flexibility index (Phi) is 1.19. The second-order valence-electron chi connectivity index (χ2n) is 1.02. The van der Waals surface area contributed by atoms with Gasteiger partial charge in [0.25, 0.3) is 0 Å². The predicted molar refractivity (Wildman–Crippen MR) is 27.8 cm³/mol. The summed E-state index contributed by atoms with van der Waals surface area (Å²) in [5.74, 6) is 0. The molecule has 0 saturated heterocycles. The number of nitrogen functional groups attached to an aromatic ring is 1. The van der Waals surface area contributed by atoms with Gasteiger partial charge in [-0.3, -0.25) is 0 Å². The number of hydrogen-bond acceptors (Lipinski definition) is 1. The summed E-state index contributed by atoms with van der Waals surface area (Å²) < 4.78 is 3.26. The summed E-state index contributed by atoms with van der Waals surface area (Å²) in [6, 6.07) is 4.00. The van der Waals surface area contributed by atoms with E-state index in [9.17, 15) is 0 Å². The topological polar surface area (TPSA) is 26.0 Å². The third-order valence-electron chi connectivity index (χ3n) is 0.543. The van der Waals surface area contributed by atoms with Crippen LogP contribution in [0.25, 0.3) is 0 Å². The first-order valence-electron chi connectivity index (χ1n) is 1.68. The van der Waals surface area contributed by atoms with Gasteiger partial charge in [-0.15, -0.1) is 0 Å². The van der Waals surface area contributed by atoms with E-state index < -0.39 is 0 Å². The summed E-state index contributed by atoms with van der Waals surface area (Å²) in [5, 5.41) is 0. The fourth-order valence-electron chi connectivity index (χ4n) is 0.291. The van der Waals surface area contributed by atoms with Gasteiger partial charge in [0.2, 0.25) is 0 Å². The average Bonchev–Trinajstić information content (AvgIpc) is 1.86. The monoisotopic (exact) mass is 197 g/mol. The van der Waals surface area contributed by atoms with Gasteiger partial charge >= 0.3 is 46.1 Å². The van der Waals surface area contributed by atoms with E-state index in [1.54, 1.807) is 0 Å². The number of nitrogens with two attached hydrogens (primary N) is 1. The second kappa shape index (κ2) is 1.68. The van der Waals surface area contributed by atoms with Gasteiger partial charge in [0.1, 0.15) is 0 Å². The van der Waals surface area contributed by atoms with E-state index in [1.807, 2.05) is 12.1 Å². The zero-order valence-electron chi connectivity index (χ0n) is 3.22. The van der Waals surface area contributed by atoms with E-state index in [0.29, 0.717) is 0 Å².